The van der Waals surface area contributed by atoms with E-state index in [4.69, 9.17) is 0 Å². The molecular weight excluding hydrogens is 280 g/mol. The van der Waals surface area contributed by atoms with E-state index in [9.17, 15) is 9.59 Å². The van der Waals surface area contributed by atoms with Gasteiger partial charge in [-0.05, 0) is 31.5 Å². The van der Waals surface area contributed by atoms with Gasteiger partial charge in [0.1, 0.15) is 0 Å². The topological polar surface area (TPSA) is 65.5 Å². The van der Waals surface area contributed by atoms with Gasteiger partial charge in [-0.15, -0.1) is 0 Å². The third kappa shape index (κ3) is 5.44. The summed E-state index contributed by atoms with van der Waals surface area (Å²) in [5.74, 6) is -0.0555. The molecule has 6 heteroatoms. The van der Waals surface area contributed by atoms with Gasteiger partial charge in [-0.2, -0.15) is 0 Å². The molecule has 2 rings (SSSR count). The average Bonchev–Trinajstić information content (AvgIpc) is 2.54. The highest BCUT2D eigenvalue weighted by Gasteiger charge is 2.18. The van der Waals surface area contributed by atoms with Crippen LogP contribution >= 0.6 is 0 Å². The van der Waals surface area contributed by atoms with Crippen LogP contribution in [-0.2, 0) is 16.0 Å². The van der Waals surface area contributed by atoms with Crippen LogP contribution in [0.1, 0.15) is 18.4 Å². The Hall–Kier alpha value is -1.95. The predicted octanol–water partition coefficient (Wildman–Crippen LogP) is 0.295. The first kappa shape index (κ1) is 16.4. The van der Waals surface area contributed by atoms with E-state index in [1.165, 1.54) is 0 Å². The Morgan fingerprint density at radius 3 is 2.73 bits per heavy atom. The van der Waals surface area contributed by atoms with Crippen molar-refractivity contribution in [3.05, 3.63) is 30.1 Å². The van der Waals surface area contributed by atoms with Crippen LogP contribution in [0.3, 0.4) is 0 Å². The van der Waals surface area contributed by atoms with Gasteiger partial charge < -0.3 is 15.1 Å². The van der Waals surface area contributed by atoms with Crippen molar-refractivity contribution in [3.63, 3.8) is 0 Å². The molecule has 1 N–H and O–H groups in total. The summed E-state index contributed by atoms with van der Waals surface area (Å²) < 4.78 is 0. The van der Waals surface area contributed by atoms with Crippen LogP contribution in [0, 0.1) is 0 Å². The minimum absolute atomic E-state index is 0.00806. The van der Waals surface area contributed by atoms with Crippen LogP contribution < -0.4 is 5.32 Å². The van der Waals surface area contributed by atoms with Crippen molar-refractivity contribution in [3.8, 4) is 0 Å². The molecule has 22 heavy (non-hydrogen) atoms. The number of nitrogens with zero attached hydrogens (tertiary/aromatic N) is 3. The molecule has 0 saturated carbocycles. The third-order valence-electron chi connectivity index (χ3n) is 3.88. The number of hydrogen-bond donors (Lipinski definition) is 1. The molecule has 2 heterocycles. The van der Waals surface area contributed by atoms with Crippen molar-refractivity contribution < 1.29 is 9.59 Å². The lowest BCUT2D eigenvalue weighted by Crippen LogP contribution is -2.50. The monoisotopic (exact) mass is 304 g/mol. The molecule has 0 aromatic carbocycles. The van der Waals surface area contributed by atoms with Gasteiger partial charge in [0.15, 0.2) is 0 Å². The lowest BCUT2D eigenvalue weighted by molar-refractivity contribution is -0.134. The van der Waals surface area contributed by atoms with E-state index >= 15 is 0 Å². The van der Waals surface area contributed by atoms with Gasteiger partial charge in [0, 0.05) is 45.0 Å². The Labute approximate surface area is 131 Å². The van der Waals surface area contributed by atoms with Crippen LogP contribution in [-0.4, -0.2) is 66.4 Å². The molecule has 0 bridgehead atoms. The molecule has 1 saturated heterocycles. The molecule has 1 aromatic rings. The summed E-state index contributed by atoms with van der Waals surface area (Å²) in [6.45, 7) is 3.38. The Morgan fingerprint density at radius 1 is 1.27 bits per heavy atom. The van der Waals surface area contributed by atoms with Crippen molar-refractivity contribution in [1.29, 1.82) is 0 Å². The Bertz CT molecular complexity index is 484. The molecule has 0 radical (unpaired) electrons. The van der Waals surface area contributed by atoms with Gasteiger partial charge in [-0.3, -0.25) is 14.6 Å². The summed E-state index contributed by atoms with van der Waals surface area (Å²) in [6, 6.07) is 3.89. The second-order valence-electron chi connectivity index (χ2n) is 5.68. The van der Waals surface area contributed by atoms with E-state index in [2.05, 4.69) is 15.2 Å². The van der Waals surface area contributed by atoms with Gasteiger partial charge in [-0.25, -0.2) is 0 Å². The second kappa shape index (κ2) is 8.48. The maximum atomic E-state index is 12.0. The van der Waals surface area contributed by atoms with Crippen LogP contribution in [0.25, 0.3) is 0 Å². The van der Waals surface area contributed by atoms with Crippen molar-refractivity contribution >= 4 is 11.8 Å². The summed E-state index contributed by atoms with van der Waals surface area (Å²) in [5.41, 5.74) is 1.13. The fourth-order valence-electron chi connectivity index (χ4n) is 2.43. The SMILES string of the molecule is CN1CCN(C(=O)CNC(=O)CCCc2cccnc2)CC1. The summed E-state index contributed by atoms with van der Waals surface area (Å²) in [7, 11) is 2.05. The summed E-state index contributed by atoms with van der Waals surface area (Å²) in [5, 5.41) is 2.72. The predicted molar refractivity (Wildman–Crippen MR) is 84.3 cm³/mol. The molecule has 6 nitrogen and oxygen atoms in total. The summed E-state index contributed by atoms with van der Waals surface area (Å²) >= 11 is 0. The average molecular weight is 304 g/mol. The van der Waals surface area contributed by atoms with E-state index in [1.54, 1.807) is 6.20 Å². The lowest BCUT2D eigenvalue weighted by Gasteiger charge is -2.32. The Balaban J connectivity index is 1.60. The molecule has 1 fully saturated rings. The zero-order valence-electron chi connectivity index (χ0n) is 13.1. The number of carbonyl (C=O) groups is 2. The highest BCUT2D eigenvalue weighted by Crippen LogP contribution is 2.03. The molecule has 0 unspecified atom stereocenters. The number of amides is 2. The highest BCUT2D eigenvalue weighted by molar-refractivity contribution is 5.84. The minimum Gasteiger partial charge on any atom is -0.347 e. The fourth-order valence-corrected chi connectivity index (χ4v) is 2.43. The molecule has 0 spiro atoms. The molecule has 120 valence electrons. The van der Waals surface area contributed by atoms with Crippen LogP contribution in [0.15, 0.2) is 24.5 Å². The van der Waals surface area contributed by atoms with Crippen LogP contribution in [0.2, 0.25) is 0 Å². The van der Waals surface area contributed by atoms with E-state index in [0.717, 1.165) is 44.6 Å². The van der Waals surface area contributed by atoms with E-state index in [-0.39, 0.29) is 18.4 Å². The van der Waals surface area contributed by atoms with E-state index in [0.29, 0.717) is 6.42 Å². The normalized spacial score (nSPS) is 15.6. The molecule has 1 aliphatic rings. The first-order valence-electron chi connectivity index (χ1n) is 7.77. The number of pyridine rings is 1. The number of aromatic nitrogens is 1. The van der Waals surface area contributed by atoms with Crippen molar-refractivity contribution in [1.82, 2.24) is 20.1 Å². The van der Waals surface area contributed by atoms with Crippen LogP contribution in [0.4, 0.5) is 0 Å². The van der Waals surface area contributed by atoms with Crippen LogP contribution in [0.5, 0.6) is 0 Å². The Morgan fingerprint density at radius 2 is 2.05 bits per heavy atom. The highest BCUT2D eigenvalue weighted by atomic mass is 16.2. The maximum absolute atomic E-state index is 12.0. The first-order valence-corrected chi connectivity index (χ1v) is 7.77. The summed E-state index contributed by atoms with van der Waals surface area (Å²) in [6.07, 6.45) is 5.58. The first-order chi connectivity index (χ1) is 10.6. The van der Waals surface area contributed by atoms with Gasteiger partial charge in [0.25, 0.3) is 0 Å². The number of nitrogens with one attached hydrogen (secondary N) is 1. The van der Waals surface area contributed by atoms with E-state index < -0.39 is 0 Å². The Kier molecular flexibility index (Phi) is 6.33. The fraction of sp³-hybridized carbons (Fsp3) is 0.562. The van der Waals surface area contributed by atoms with Crippen molar-refractivity contribution in [2.45, 2.75) is 19.3 Å². The van der Waals surface area contributed by atoms with Gasteiger partial charge >= 0.3 is 0 Å². The molecule has 0 aliphatic carbocycles. The van der Waals surface area contributed by atoms with Gasteiger partial charge in [0.2, 0.25) is 11.8 Å². The largest absolute Gasteiger partial charge is 0.347 e. The molecule has 1 aliphatic heterocycles. The number of carbonyl (C=O) groups excluding carboxylic acids is 2. The zero-order valence-corrected chi connectivity index (χ0v) is 13.1. The minimum atomic E-state index is -0.0635. The number of hydrogen-bond acceptors (Lipinski definition) is 4. The van der Waals surface area contributed by atoms with Gasteiger partial charge in [0.05, 0.1) is 6.54 Å². The standard InChI is InChI=1S/C16H24N4O2/c1-19-8-10-20(11-9-19)16(22)13-18-15(21)6-2-4-14-5-3-7-17-12-14/h3,5,7,12H,2,4,6,8-11,13H2,1H3,(H,18,21). The van der Waals surface area contributed by atoms with E-state index in [1.807, 2.05) is 30.3 Å². The zero-order chi connectivity index (χ0) is 15.8. The lowest BCUT2D eigenvalue weighted by atomic mass is 10.1. The third-order valence-corrected chi connectivity index (χ3v) is 3.88. The molecule has 1 aromatic heterocycles. The molecule has 2 amide bonds. The number of piperazine rings is 1. The number of aryl methyl sites for hydroxylation is 1. The maximum Gasteiger partial charge on any atom is 0.242 e. The second-order valence-corrected chi connectivity index (χ2v) is 5.68. The van der Waals surface area contributed by atoms with Crippen molar-refractivity contribution in [2.24, 2.45) is 0 Å². The summed E-state index contributed by atoms with van der Waals surface area (Å²) in [4.78, 5) is 31.8. The van der Waals surface area contributed by atoms with Gasteiger partial charge in [-0.1, -0.05) is 6.07 Å². The molecule has 0 atom stereocenters. The molecular formula is C16H24N4O2. The smallest absolute Gasteiger partial charge is 0.242 e. The number of rotatable bonds is 6. The van der Waals surface area contributed by atoms with Crippen molar-refractivity contribution in [2.75, 3.05) is 39.8 Å². The number of likely N-dealkylation sites (N-methyl/N-ethyl adjacent to an activating group) is 1. The quantitative estimate of drug-likeness (QED) is 0.821.